The molecule has 2 heterocycles. The van der Waals surface area contributed by atoms with Crippen LogP contribution in [0.2, 0.25) is 0 Å². The quantitative estimate of drug-likeness (QED) is 0.765. The predicted molar refractivity (Wildman–Crippen MR) is 64.0 cm³/mol. The van der Waals surface area contributed by atoms with Gasteiger partial charge in [-0.1, -0.05) is 25.6 Å². The van der Waals surface area contributed by atoms with Gasteiger partial charge in [0, 0.05) is 18.8 Å². The lowest BCUT2D eigenvalue weighted by Crippen LogP contribution is -2.47. The molecular weight excluding hydrogens is 210 g/mol. The van der Waals surface area contributed by atoms with E-state index in [1.807, 2.05) is 11.8 Å². The van der Waals surface area contributed by atoms with Crippen LogP contribution >= 0.6 is 11.8 Å². The van der Waals surface area contributed by atoms with Crippen LogP contribution < -0.4 is 5.43 Å². The van der Waals surface area contributed by atoms with E-state index in [1.165, 1.54) is 0 Å². The number of hydrazine groups is 1. The molecule has 0 spiro atoms. The Morgan fingerprint density at radius 1 is 1.47 bits per heavy atom. The van der Waals surface area contributed by atoms with Crippen molar-refractivity contribution in [3.63, 3.8) is 0 Å². The Morgan fingerprint density at radius 2 is 2.20 bits per heavy atom. The second kappa shape index (κ2) is 5.18. The lowest BCUT2D eigenvalue weighted by Gasteiger charge is -2.27. The maximum absolute atomic E-state index is 5.30. The molecule has 0 aromatic heterocycles. The van der Waals surface area contributed by atoms with E-state index in [0.717, 1.165) is 37.2 Å². The molecule has 0 radical (unpaired) electrons. The number of nitrogens with zero attached hydrogens (tertiary/aromatic N) is 2. The summed E-state index contributed by atoms with van der Waals surface area (Å²) >= 11 is 1.83. The zero-order chi connectivity index (χ0) is 10.7. The topological polar surface area (TPSA) is 36.9 Å². The van der Waals surface area contributed by atoms with Crippen LogP contribution in [0, 0.1) is 5.92 Å². The lowest BCUT2D eigenvalue weighted by atomic mass is 10.1. The predicted octanol–water partition coefficient (Wildman–Crippen LogP) is 0.951. The summed E-state index contributed by atoms with van der Waals surface area (Å²) < 4.78 is 5.30. The molecule has 5 heteroatoms. The summed E-state index contributed by atoms with van der Waals surface area (Å²) in [5.41, 5.74) is 3.37. The second-order valence-electron chi connectivity index (χ2n) is 4.27. The Kier molecular flexibility index (Phi) is 3.88. The van der Waals surface area contributed by atoms with Crippen molar-refractivity contribution in [2.45, 2.75) is 19.9 Å². The molecule has 4 nitrogen and oxygen atoms in total. The molecule has 0 aliphatic carbocycles. The van der Waals surface area contributed by atoms with E-state index in [-0.39, 0.29) is 0 Å². The van der Waals surface area contributed by atoms with Crippen molar-refractivity contribution in [2.75, 3.05) is 32.1 Å². The molecule has 15 heavy (non-hydrogen) atoms. The number of aliphatic imine (C=N–C) groups is 1. The standard InChI is InChI=1S/C10H19N3OS/c1-8(2)9-7-15-10(11-9)12-13-3-5-14-6-4-13/h8-9H,3-7H2,1-2H3,(H,11,12)/t9-/m1/s1. The fraction of sp³-hybridized carbons (Fsp3) is 0.900. The van der Waals surface area contributed by atoms with Crippen molar-refractivity contribution in [1.82, 2.24) is 10.4 Å². The van der Waals surface area contributed by atoms with Gasteiger partial charge in [0.1, 0.15) is 0 Å². The zero-order valence-corrected chi connectivity index (χ0v) is 10.2. The van der Waals surface area contributed by atoms with Gasteiger partial charge in [-0.15, -0.1) is 0 Å². The van der Waals surface area contributed by atoms with E-state index < -0.39 is 0 Å². The number of hydrogen-bond donors (Lipinski definition) is 1. The van der Waals surface area contributed by atoms with Crippen LogP contribution in [-0.2, 0) is 4.74 Å². The highest BCUT2D eigenvalue weighted by atomic mass is 32.2. The van der Waals surface area contributed by atoms with Gasteiger partial charge in [-0.05, 0) is 5.92 Å². The maximum atomic E-state index is 5.30. The molecule has 0 aromatic carbocycles. The van der Waals surface area contributed by atoms with Gasteiger partial charge < -0.3 is 4.74 Å². The molecule has 2 rings (SSSR count). The van der Waals surface area contributed by atoms with E-state index in [4.69, 9.17) is 4.74 Å². The first-order valence-electron chi connectivity index (χ1n) is 5.55. The summed E-state index contributed by atoms with van der Waals surface area (Å²) in [7, 11) is 0. The SMILES string of the molecule is CC(C)[C@H]1CSC(NN2CCOCC2)=N1. The first kappa shape index (κ1) is 11.2. The largest absolute Gasteiger partial charge is 0.379 e. The highest BCUT2D eigenvalue weighted by Gasteiger charge is 2.22. The molecule has 0 aromatic rings. The van der Waals surface area contributed by atoms with Crippen molar-refractivity contribution in [2.24, 2.45) is 10.9 Å². The minimum atomic E-state index is 0.485. The van der Waals surface area contributed by atoms with Gasteiger partial charge in [0.25, 0.3) is 0 Å². The number of morpholine rings is 1. The third-order valence-electron chi connectivity index (χ3n) is 2.71. The van der Waals surface area contributed by atoms with Crippen molar-refractivity contribution in [1.29, 1.82) is 0 Å². The van der Waals surface area contributed by atoms with Gasteiger partial charge in [-0.2, -0.15) is 0 Å². The summed E-state index contributed by atoms with van der Waals surface area (Å²) in [5.74, 6) is 1.76. The number of ether oxygens (including phenoxy) is 1. The minimum Gasteiger partial charge on any atom is -0.379 e. The molecule has 1 saturated heterocycles. The van der Waals surface area contributed by atoms with E-state index in [9.17, 15) is 0 Å². The summed E-state index contributed by atoms with van der Waals surface area (Å²) in [5, 5.41) is 3.27. The Bertz CT molecular complexity index is 239. The molecule has 0 saturated carbocycles. The molecule has 0 bridgehead atoms. The molecule has 0 unspecified atom stereocenters. The Balaban J connectivity index is 1.81. The Labute approximate surface area is 95.4 Å². The average molecular weight is 229 g/mol. The van der Waals surface area contributed by atoms with Crippen LogP contribution in [0.5, 0.6) is 0 Å². The molecule has 1 N–H and O–H groups in total. The van der Waals surface area contributed by atoms with Crippen molar-refractivity contribution >= 4 is 16.9 Å². The molecule has 1 atom stereocenters. The number of nitrogens with one attached hydrogen (secondary N) is 1. The van der Waals surface area contributed by atoms with Crippen LogP contribution in [0.15, 0.2) is 4.99 Å². The molecule has 2 aliphatic heterocycles. The lowest BCUT2D eigenvalue weighted by molar-refractivity contribution is 0.0253. The molecule has 1 fully saturated rings. The molecule has 0 amide bonds. The summed E-state index contributed by atoms with van der Waals surface area (Å²) in [6, 6.07) is 0.485. The van der Waals surface area contributed by atoms with E-state index >= 15 is 0 Å². The van der Waals surface area contributed by atoms with E-state index in [1.54, 1.807) is 0 Å². The highest BCUT2D eigenvalue weighted by molar-refractivity contribution is 8.14. The number of amidine groups is 1. The monoisotopic (exact) mass is 229 g/mol. The fourth-order valence-electron chi connectivity index (χ4n) is 1.60. The fourth-order valence-corrected chi connectivity index (χ4v) is 2.79. The maximum Gasteiger partial charge on any atom is 0.171 e. The normalized spacial score (nSPS) is 28.2. The number of rotatable bonds is 2. The van der Waals surface area contributed by atoms with E-state index in [0.29, 0.717) is 12.0 Å². The van der Waals surface area contributed by atoms with Gasteiger partial charge in [0.15, 0.2) is 5.17 Å². The van der Waals surface area contributed by atoms with Crippen LogP contribution in [0.25, 0.3) is 0 Å². The molecule has 2 aliphatic rings. The van der Waals surface area contributed by atoms with Crippen molar-refractivity contribution < 1.29 is 4.74 Å². The van der Waals surface area contributed by atoms with Crippen LogP contribution in [0.3, 0.4) is 0 Å². The van der Waals surface area contributed by atoms with Crippen LogP contribution in [0.1, 0.15) is 13.8 Å². The molecule has 86 valence electrons. The summed E-state index contributed by atoms with van der Waals surface area (Å²) in [4.78, 5) is 4.67. The summed E-state index contributed by atoms with van der Waals surface area (Å²) in [6.45, 7) is 7.99. The first-order chi connectivity index (χ1) is 7.25. The van der Waals surface area contributed by atoms with E-state index in [2.05, 4.69) is 29.3 Å². The third-order valence-corrected chi connectivity index (χ3v) is 3.69. The number of hydrogen-bond acceptors (Lipinski definition) is 5. The number of thioether (sulfide) groups is 1. The van der Waals surface area contributed by atoms with Gasteiger partial charge in [-0.25, -0.2) is 5.01 Å². The van der Waals surface area contributed by atoms with Crippen LogP contribution in [0.4, 0.5) is 0 Å². The van der Waals surface area contributed by atoms with Gasteiger partial charge >= 0.3 is 0 Å². The van der Waals surface area contributed by atoms with Gasteiger partial charge in [0.2, 0.25) is 0 Å². The van der Waals surface area contributed by atoms with Crippen molar-refractivity contribution in [3.8, 4) is 0 Å². The zero-order valence-electron chi connectivity index (χ0n) is 9.40. The Morgan fingerprint density at radius 3 is 2.80 bits per heavy atom. The Hall–Kier alpha value is -0.260. The highest BCUT2D eigenvalue weighted by Crippen LogP contribution is 2.22. The summed E-state index contributed by atoms with van der Waals surface area (Å²) in [6.07, 6.45) is 0. The smallest absolute Gasteiger partial charge is 0.171 e. The first-order valence-corrected chi connectivity index (χ1v) is 6.54. The molecular formula is C10H19N3OS. The van der Waals surface area contributed by atoms with Crippen LogP contribution in [-0.4, -0.2) is 48.3 Å². The van der Waals surface area contributed by atoms with Gasteiger partial charge in [0.05, 0.1) is 19.3 Å². The average Bonchev–Trinajstić information content (AvgIpc) is 2.68. The van der Waals surface area contributed by atoms with Crippen molar-refractivity contribution in [3.05, 3.63) is 0 Å². The minimum absolute atomic E-state index is 0.485. The van der Waals surface area contributed by atoms with Gasteiger partial charge in [-0.3, -0.25) is 10.4 Å². The third kappa shape index (κ3) is 3.09. The second-order valence-corrected chi connectivity index (χ2v) is 5.28.